The van der Waals surface area contributed by atoms with E-state index < -0.39 is 16.1 Å². The summed E-state index contributed by atoms with van der Waals surface area (Å²) in [5.41, 5.74) is 9.51. The zero-order valence-electron chi connectivity index (χ0n) is 36.4. The highest BCUT2D eigenvalue weighted by Crippen LogP contribution is 2.53. The van der Waals surface area contributed by atoms with Crippen molar-refractivity contribution >= 4 is 98.7 Å². The predicted octanol–water partition coefficient (Wildman–Crippen LogP) is 15.4. The van der Waals surface area contributed by atoms with Crippen molar-refractivity contribution in [1.29, 1.82) is 5.26 Å². The summed E-state index contributed by atoms with van der Waals surface area (Å²) in [4.78, 5) is 8.21. The van der Waals surface area contributed by atoms with Crippen LogP contribution in [0, 0.1) is 17.9 Å². The van der Waals surface area contributed by atoms with E-state index in [0.29, 0.717) is 11.3 Å². The normalized spacial score (nSPS) is 12.1. The van der Waals surface area contributed by atoms with Crippen molar-refractivity contribution in [3.05, 3.63) is 187 Å². The first-order valence-electron chi connectivity index (χ1n) is 21.4. The van der Waals surface area contributed by atoms with Crippen LogP contribution < -0.4 is 24.9 Å². The summed E-state index contributed by atoms with van der Waals surface area (Å²) >= 11 is 0. The van der Waals surface area contributed by atoms with Gasteiger partial charge in [0.05, 0.1) is 40.0 Å². The zero-order chi connectivity index (χ0) is 43.6. The van der Waals surface area contributed by atoms with Crippen molar-refractivity contribution in [2.45, 2.75) is 39.3 Å². The molecule has 1 heterocycles. The molecule has 1 aliphatic rings. The van der Waals surface area contributed by atoms with E-state index in [1.54, 1.807) is 0 Å². The van der Waals surface area contributed by atoms with Gasteiger partial charge in [0, 0.05) is 50.8 Å². The Morgan fingerprint density at radius 1 is 0.476 bits per heavy atom. The van der Waals surface area contributed by atoms with Gasteiger partial charge in [-0.25, -0.2) is 4.85 Å². The number of fused-ring (bicyclic) bond motifs is 6. The minimum absolute atomic E-state index is 0.606. The van der Waals surface area contributed by atoms with E-state index in [1.165, 1.54) is 31.9 Å². The van der Waals surface area contributed by atoms with Crippen LogP contribution in [0.3, 0.4) is 0 Å². The largest absolute Gasteiger partial charge is 0.456 e. The van der Waals surface area contributed by atoms with Crippen molar-refractivity contribution in [2.24, 2.45) is 0 Å². The lowest BCUT2D eigenvalue weighted by atomic mass is 9.88. The lowest BCUT2D eigenvalue weighted by molar-refractivity contribution is 0.487. The standard InChI is InChI=1S/C56H46N4OSi2/c1-58-38-20-24-41(25-21-38)59(39-14-10-8-11-15-39)43-26-28-47-52-34-49-48-31-44(62(2,3)4)27-29-46(48)53(60(40-16-12-9-13-17-40)42-22-18-37(36-57)19-23-42)35-50(49)51-32-45(63(5,6)7)33-55(56(51)52)61-54(47)30-43/h8-35H,2-7H3. The van der Waals surface area contributed by atoms with Crippen LogP contribution in [0.1, 0.15) is 5.56 Å². The second-order valence-electron chi connectivity index (χ2n) is 18.5. The number of nitrogens with zero attached hydrogens (tertiary/aromatic N) is 4. The monoisotopic (exact) mass is 846 g/mol. The van der Waals surface area contributed by atoms with Crippen molar-refractivity contribution in [3.8, 4) is 28.7 Å². The van der Waals surface area contributed by atoms with E-state index in [1.807, 2.05) is 42.5 Å². The quantitative estimate of drug-likeness (QED) is 0.0868. The number of hydrogen-bond acceptors (Lipinski definition) is 4. The lowest BCUT2D eigenvalue weighted by Crippen LogP contribution is -2.37. The number of para-hydroxylation sites is 2. The third-order valence-corrected chi connectivity index (χ3v) is 16.4. The van der Waals surface area contributed by atoms with Gasteiger partial charge in [-0.2, -0.15) is 5.26 Å². The van der Waals surface area contributed by atoms with Gasteiger partial charge in [0.2, 0.25) is 0 Å². The second-order valence-corrected chi connectivity index (χ2v) is 28.6. The highest BCUT2D eigenvalue weighted by atomic mass is 28.3. The van der Waals surface area contributed by atoms with E-state index in [4.69, 9.17) is 11.3 Å². The molecule has 0 N–H and O–H groups in total. The molecule has 304 valence electrons. The van der Waals surface area contributed by atoms with E-state index in [2.05, 4.69) is 187 Å². The molecule has 0 amide bonds. The summed E-state index contributed by atoms with van der Waals surface area (Å²) in [6.07, 6.45) is 0. The van der Waals surface area contributed by atoms with Gasteiger partial charge in [0.15, 0.2) is 5.69 Å². The van der Waals surface area contributed by atoms with E-state index in [9.17, 15) is 5.26 Å². The molecule has 0 fully saturated rings. The van der Waals surface area contributed by atoms with Crippen molar-refractivity contribution < 1.29 is 4.74 Å². The average Bonchev–Trinajstić information content (AvgIpc) is 3.29. The third-order valence-electron chi connectivity index (χ3n) is 12.3. The van der Waals surface area contributed by atoms with Crippen LogP contribution in [0.5, 0.6) is 11.5 Å². The molecule has 10 rings (SSSR count). The lowest BCUT2D eigenvalue weighted by Gasteiger charge is -2.30. The minimum atomic E-state index is -1.87. The fraction of sp³-hybridized carbons (Fsp3) is 0.107. The molecule has 9 aromatic carbocycles. The van der Waals surface area contributed by atoms with Gasteiger partial charge in [-0.3, -0.25) is 0 Å². The SMILES string of the molecule is [C-]#[N+]c1ccc(N(c2ccccc2)c2ccc3c(c2)Oc2cc([Si](C)(C)C)cc4c2c-3cc2c3cc([Si](C)(C)C)ccc3c(N(c3ccccc3)c3ccc(C#N)cc3)cc42)cc1. The fourth-order valence-corrected chi connectivity index (χ4v) is 11.3. The van der Waals surface area contributed by atoms with Gasteiger partial charge >= 0.3 is 0 Å². The maximum absolute atomic E-state index is 9.73. The molecule has 0 unspecified atom stereocenters. The topological polar surface area (TPSA) is 43.9 Å². The predicted molar refractivity (Wildman–Crippen MR) is 271 cm³/mol. The van der Waals surface area contributed by atoms with Crippen molar-refractivity contribution in [1.82, 2.24) is 0 Å². The van der Waals surface area contributed by atoms with Crippen molar-refractivity contribution in [2.75, 3.05) is 9.80 Å². The molecule has 5 nitrogen and oxygen atoms in total. The number of benzene rings is 9. The summed E-state index contributed by atoms with van der Waals surface area (Å²) in [5, 5.41) is 19.6. The van der Waals surface area contributed by atoms with Gasteiger partial charge in [0.25, 0.3) is 0 Å². The van der Waals surface area contributed by atoms with Crippen molar-refractivity contribution in [3.63, 3.8) is 0 Å². The Kier molecular flexibility index (Phi) is 9.57. The average molecular weight is 847 g/mol. The first kappa shape index (κ1) is 39.7. The summed E-state index contributed by atoms with van der Waals surface area (Å²) in [7, 11) is -3.62. The van der Waals surface area contributed by atoms with E-state index in [-0.39, 0.29) is 0 Å². The van der Waals surface area contributed by atoms with Gasteiger partial charge in [0.1, 0.15) is 11.5 Å². The van der Waals surface area contributed by atoms with Gasteiger partial charge in [-0.1, -0.05) is 122 Å². The summed E-state index contributed by atoms with van der Waals surface area (Å²) < 4.78 is 7.15. The van der Waals surface area contributed by atoms with Crippen LogP contribution in [0.4, 0.5) is 39.8 Å². The first-order valence-corrected chi connectivity index (χ1v) is 28.4. The zero-order valence-corrected chi connectivity index (χ0v) is 38.4. The molecule has 0 spiro atoms. The van der Waals surface area contributed by atoms with Crippen LogP contribution in [0.15, 0.2) is 170 Å². The van der Waals surface area contributed by atoms with Crippen LogP contribution in [-0.4, -0.2) is 16.1 Å². The van der Waals surface area contributed by atoms with Crippen LogP contribution >= 0.6 is 0 Å². The molecule has 0 aromatic heterocycles. The van der Waals surface area contributed by atoms with Crippen LogP contribution in [0.2, 0.25) is 39.3 Å². The second kappa shape index (κ2) is 15.2. The molecule has 0 atom stereocenters. The molecule has 0 bridgehead atoms. The third kappa shape index (κ3) is 7.02. The molecule has 0 saturated carbocycles. The maximum atomic E-state index is 9.73. The Morgan fingerprint density at radius 2 is 1.03 bits per heavy atom. The summed E-state index contributed by atoms with van der Waals surface area (Å²) in [6, 6.07) is 62.2. The smallest absolute Gasteiger partial charge is 0.187 e. The highest BCUT2D eigenvalue weighted by molar-refractivity contribution is 6.89. The highest BCUT2D eigenvalue weighted by Gasteiger charge is 2.29. The van der Waals surface area contributed by atoms with Gasteiger partial charge < -0.3 is 14.5 Å². The number of rotatable bonds is 8. The molecule has 0 radical (unpaired) electrons. The number of nitriles is 1. The first-order chi connectivity index (χ1) is 30.4. The molecule has 0 aliphatic carbocycles. The van der Waals surface area contributed by atoms with E-state index in [0.717, 1.165) is 67.5 Å². The fourth-order valence-electron chi connectivity index (χ4n) is 8.97. The Hall–Kier alpha value is -7.43. The molecule has 1 aliphatic heterocycles. The maximum Gasteiger partial charge on any atom is 0.187 e. The number of hydrogen-bond donors (Lipinski definition) is 0. The Bertz CT molecular complexity index is 3340. The molecular formula is C56H46N4OSi2. The van der Waals surface area contributed by atoms with Gasteiger partial charge in [-0.05, 0) is 118 Å². The van der Waals surface area contributed by atoms with Crippen LogP contribution in [-0.2, 0) is 0 Å². The Balaban J connectivity index is 1.27. The Morgan fingerprint density at radius 3 is 1.67 bits per heavy atom. The Labute approximate surface area is 371 Å². The van der Waals surface area contributed by atoms with Crippen LogP contribution in [0.25, 0.3) is 48.3 Å². The number of anilines is 6. The summed E-state index contributed by atoms with van der Waals surface area (Å²) in [6.45, 7) is 22.0. The molecular weight excluding hydrogens is 801 g/mol. The van der Waals surface area contributed by atoms with E-state index >= 15 is 0 Å². The molecule has 9 aromatic rings. The summed E-state index contributed by atoms with van der Waals surface area (Å²) in [5.74, 6) is 1.69. The number of ether oxygens (including phenoxy) is 1. The molecule has 63 heavy (non-hydrogen) atoms. The van der Waals surface area contributed by atoms with Gasteiger partial charge in [-0.15, -0.1) is 0 Å². The minimum Gasteiger partial charge on any atom is -0.456 e. The molecule has 7 heteroatoms. The molecule has 0 saturated heterocycles.